The molecule has 2 aromatic carbocycles. The molecule has 0 bridgehead atoms. The minimum Gasteiger partial charge on any atom is -0.396 e. The number of nitrogen functional groups attached to an aromatic ring is 1. The highest BCUT2D eigenvalue weighted by atomic mass is 16.1. The molecule has 1 atom stereocenters. The van der Waals surface area contributed by atoms with Crippen molar-refractivity contribution in [3.05, 3.63) is 90.3 Å². The van der Waals surface area contributed by atoms with Gasteiger partial charge in [0.25, 0.3) is 5.91 Å². The van der Waals surface area contributed by atoms with E-state index in [4.69, 9.17) is 10.7 Å². The first-order chi connectivity index (χ1) is 14.2. The van der Waals surface area contributed by atoms with Gasteiger partial charge in [-0.3, -0.25) is 9.78 Å². The molecule has 1 unspecified atom stereocenters. The third-order valence-electron chi connectivity index (χ3n) is 5.03. The van der Waals surface area contributed by atoms with Crippen LogP contribution in [0.2, 0.25) is 0 Å². The number of amides is 1. The normalized spacial score (nSPS) is 11.9. The molecule has 5 heteroatoms. The third kappa shape index (κ3) is 3.67. The Hall–Kier alpha value is -3.73. The lowest BCUT2D eigenvalue weighted by Crippen LogP contribution is -2.29. The maximum Gasteiger partial charge on any atom is 0.254 e. The van der Waals surface area contributed by atoms with Gasteiger partial charge >= 0.3 is 0 Å². The predicted octanol–water partition coefficient (Wildman–Crippen LogP) is 4.76. The van der Waals surface area contributed by atoms with E-state index in [2.05, 4.69) is 10.3 Å². The summed E-state index contributed by atoms with van der Waals surface area (Å²) in [5, 5.41) is 3.88. The van der Waals surface area contributed by atoms with Crippen LogP contribution in [0.15, 0.2) is 79.1 Å². The Morgan fingerprint density at radius 2 is 1.69 bits per heavy atom. The summed E-state index contributed by atoms with van der Waals surface area (Å²) in [4.78, 5) is 22.2. The molecule has 0 aliphatic carbocycles. The van der Waals surface area contributed by atoms with Crippen molar-refractivity contribution in [1.29, 1.82) is 0 Å². The largest absolute Gasteiger partial charge is 0.396 e. The second-order valence-electron chi connectivity index (χ2n) is 6.85. The van der Waals surface area contributed by atoms with Crippen LogP contribution in [0.25, 0.3) is 22.2 Å². The number of fused-ring (bicyclic) bond motifs is 1. The van der Waals surface area contributed by atoms with Crippen molar-refractivity contribution in [3.63, 3.8) is 0 Å². The number of nitrogens with two attached hydrogens (primary N) is 1. The Bertz CT molecular complexity index is 1140. The van der Waals surface area contributed by atoms with Crippen LogP contribution >= 0.6 is 0 Å². The molecule has 0 aliphatic heterocycles. The van der Waals surface area contributed by atoms with Gasteiger partial charge in [-0.1, -0.05) is 55.5 Å². The number of nitrogens with one attached hydrogen (secondary N) is 1. The summed E-state index contributed by atoms with van der Waals surface area (Å²) in [5.74, 6) is -0.207. The number of anilines is 1. The number of para-hydroxylation sites is 1. The molecule has 0 radical (unpaired) electrons. The Morgan fingerprint density at radius 1 is 1.00 bits per heavy atom. The lowest BCUT2D eigenvalue weighted by Gasteiger charge is -2.20. The Kier molecular flexibility index (Phi) is 5.20. The molecule has 0 saturated heterocycles. The lowest BCUT2D eigenvalue weighted by atomic mass is 9.99. The molecule has 1 amide bonds. The van der Waals surface area contributed by atoms with Gasteiger partial charge in [0.15, 0.2) is 0 Å². The number of benzene rings is 2. The zero-order valence-electron chi connectivity index (χ0n) is 16.2. The van der Waals surface area contributed by atoms with Gasteiger partial charge in [0.2, 0.25) is 0 Å². The Morgan fingerprint density at radius 3 is 2.41 bits per heavy atom. The first-order valence-corrected chi connectivity index (χ1v) is 9.63. The Labute approximate surface area is 169 Å². The quantitative estimate of drug-likeness (QED) is 0.521. The van der Waals surface area contributed by atoms with E-state index >= 15 is 0 Å². The van der Waals surface area contributed by atoms with E-state index in [1.165, 1.54) is 0 Å². The number of carbonyl (C=O) groups excluding carboxylic acids is 1. The molecule has 0 aliphatic rings. The maximum atomic E-state index is 13.4. The van der Waals surface area contributed by atoms with Crippen LogP contribution in [0.5, 0.6) is 0 Å². The maximum absolute atomic E-state index is 13.4. The SMILES string of the molecule is CCC(NC(=O)c1c(N)c(-c2ccccc2)nc2ccccc12)c1ccncc1. The van der Waals surface area contributed by atoms with E-state index < -0.39 is 0 Å². The minimum atomic E-state index is -0.207. The molecule has 4 rings (SSSR count). The topological polar surface area (TPSA) is 80.9 Å². The van der Waals surface area contributed by atoms with Crippen LogP contribution < -0.4 is 11.1 Å². The van der Waals surface area contributed by atoms with Crippen LogP contribution in [0.3, 0.4) is 0 Å². The zero-order valence-corrected chi connectivity index (χ0v) is 16.2. The summed E-state index contributed by atoms with van der Waals surface area (Å²) in [6.45, 7) is 2.04. The second kappa shape index (κ2) is 8.10. The van der Waals surface area contributed by atoms with Gasteiger partial charge in [-0.05, 0) is 30.2 Å². The van der Waals surface area contributed by atoms with Crippen molar-refractivity contribution < 1.29 is 4.79 Å². The summed E-state index contributed by atoms with van der Waals surface area (Å²) in [7, 11) is 0. The van der Waals surface area contributed by atoms with Crippen molar-refractivity contribution in [2.75, 3.05) is 5.73 Å². The summed E-state index contributed by atoms with van der Waals surface area (Å²) in [5.41, 5.74) is 10.6. The molecule has 4 aromatic rings. The second-order valence-corrected chi connectivity index (χ2v) is 6.85. The molecule has 29 heavy (non-hydrogen) atoms. The van der Waals surface area contributed by atoms with E-state index in [-0.39, 0.29) is 11.9 Å². The van der Waals surface area contributed by atoms with Gasteiger partial charge in [0.05, 0.1) is 28.5 Å². The third-order valence-corrected chi connectivity index (χ3v) is 5.03. The predicted molar refractivity (Wildman–Crippen MR) is 116 cm³/mol. The van der Waals surface area contributed by atoms with Gasteiger partial charge in [-0.25, -0.2) is 4.98 Å². The van der Waals surface area contributed by atoms with E-state index in [1.807, 2.05) is 73.7 Å². The van der Waals surface area contributed by atoms with Crippen molar-refractivity contribution >= 4 is 22.5 Å². The molecule has 144 valence electrons. The van der Waals surface area contributed by atoms with E-state index in [1.54, 1.807) is 12.4 Å². The first-order valence-electron chi connectivity index (χ1n) is 9.63. The van der Waals surface area contributed by atoms with Crippen LogP contribution in [0.4, 0.5) is 5.69 Å². The van der Waals surface area contributed by atoms with Crippen LogP contribution in [0.1, 0.15) is 35.3 Å². The highest BCUT2D eigenvalue weighted by Crippen LogP contribution is 2.32. The number of pyridine rings is 2. The molecule has 5 nitrogen and oxygen atoms in total. The molecule has 0 saturated carbocycles. The van der Waals surface area contributed by atoms with Crippen molar-refractivity contribution in [1.82, 2.24) is 15.3 Å². The van der Waals surface area contributed by atoms with Crippen LogP contribution in [-0.4, -0.2) is 15.9 Å². The van der Waals surface area contributed by atoms with Crippen molar-refractivity contribution in [3.8, 4) is 11.3 Å². The van der Waals surface area contributed by atoms with Crippen molar-refractivity contribution in [2.24, 2.45) is 0 Å². The molecular formula is C24H22N4O. The molecule has 3 N–H and O–H groups in total. The van der Waals surface area contributed by atoms with Crippen molar-refractivity contribution in [2.45, 2.75) is 19.4 Å². The van der Waals surface area contributed by atoms with Gasteiger partial charge < -0.3 is 11.1 Å². The van der Waals surface area contributed by atoms with Gasteiger partial charge in [0.1, 0.15) is 0 Å². The average molecular weight is 382 g/mol. The molecule has 2 aromatic heterocycles. The number of hydrogen-bond donors (Lipinski definition) is 2. The molecular weight excluding hydrogens is 360 g/mol. The zero-order chi connectivity index (χ0) is 20.2. The van der Waals surface area contributed by atoms with E-state index in [0.717, 1.165) is 28.5 Å². The summed E-state index contributed by atoms with van der Waals surface area (Å²) in [6.07, 6.45) is 4.21. The highest BCUT2D eigenvalue weighted by molar-refractivity contribution is 6.12. The number of aromatic nitrogens is 2. The van der Waals surface area contributed by atoms with Crippen LogP contribution in [-0.2, 0) is 0 Å². The molecule has 2 heterocycles. The minimum absolute atomic E-state index is 0.128. The fraction of sp³-hybridized carbons (Fsp3) is 0.125. The molecule has 0 fully saturated rings. The summed E-state index contributed by atoms with van der Waals surface area (Å²) < 4.78 is 0. The standard InChI is InChI=1S/C24H22N4O/c1-2-19(16-12-14-26-15-13-16)28-24(29)21-18-10-6-7-11-20(18)27-23(22(21)25)17-8-4-3-5-9-17/h3-15,19H,2,25H2,1H3,(H,28,29). The summed E-state index contributed by atoms with van der Waals surface area (Å²) >= 11 is 0. The van der Waals surface area contributed by atoms with Gasteiger partial charge in [-0.15, -0.1) is 0 Å². The van der Waals surface area contributed by atoms with Crippen LogP contribution in [0, 0.1) is 0 Å². The monoisotopic (exact) mass is 382 g/mol. The van der Waals surface area contributed by atoms with Gasteiger partial charge in [-0.2, -0.15) is 0 Å². The number of rotatable bonds is 5. The molecule has 0 spiro atoms. The number of hydrogen-bond acceptors (Lipinski definition) is 4. The highest BCUT2D eigenvalue weighted by Gasteiger charge is 2.22. The fourth-order valence-corrected chi connectivity index (χ4v) is 3.53. The Balaban J connectivity index is 1.82. The number of carbonyl (C=O) groups is 1. The fourth-order valence-electron chi connectivity index (χ4n) is 3.53. The smallest absolute Gasteiger partial charge is 0.254 e. The average Bonchev–Trinajstić information content (AvgIpc) is 2.78. The number of nitrogens with zero attached hydrogens (tertiary/aromatic N) is 2. The van der Waals surface area contributed by atoms with Gasteiger partial charge in [0, 0.05) is 23.3 Å². The summed E-state index contributed by atoms with van der Waals surface area (Å²) in [6, 6.07) is 21.0. The first kappa shape index (κ1) is 18.6. The van der Waals surface area contributed by atoms with E-state index in [9.17, 15) is 4.79 Å². The lowest BCUT2D eigenvalue weighted by molar-refractivity contribution is 0.0938. The van der Waals surface area contributed by atoms with E-state index in [0.29, 0.717) is 16.9 Å².